The van der Waals surface area contributed by atoms with Crippen molar-refractivity contribution in [3.63, 3.8) is 0 Å². The van der Waals surface area contributed by atoms with Gasteiger partial charge in [-0.1, -0.05) is 17.7 Å². The molecule has 0 amide bonds. The Labute approximate surface area is 106 Å². The summed E-state index contributed by atoms with van der Waals surface area (Å²) in [6.07, 6.45) is 3.51. The first-order valence-corrected chi connectivity index (χ1v) is 6.59. The van der Waals surface area contributed by atoms with Crippen LogP contribution in [0.5, 0.6) is 0 Å². The van der Waals surface area contributed by atoms with Crippen LogP contribution in [0.3, 0.4) is 0 Å². The summed E-state index contributed by atoms with van der Waals surface area (Å²) < 4.78 is 2.46. The van der Waals surface area contributed by atoms with Crippen LogP contribution in [-0.4, -0.2) is 11.1 Å². The number of rotatable bonds is 3. The molecule has 3 heteroatoms. The first-order chi connectivity index (χ1) is 8.24. The molecule has 0 radical (unpaired) electrons. The number of nitrogens with two attached hydrogens (primary N) is 1. The molecular formula is C14H17ClN2. The van der Waals surface area contributed by atoms with Crippen molar-refractivity contribution in [1.29, 1.82) is 0 Å². The van der Waals surface area contributed by atoms with E-state index in [1.165, 1.54) is 35.0 Å². The largest absolute Gasteiger partial charge is 0.341 e. The molecule has 1 aliphatic carbocycles. The molecular weight excluding hydrogens is 232 g/mol. The molecule has 1 heterocycles. The summed E-state index contributed by atoms with van der Waals surface area (Å²) >= 11 is 6.33. The minimum Gasteiger partial charge on any atom is -0.341 e. The predicted molar refractivity (Wildman–Crippen MR) is 72.7 cm³/mol. The lowest BCUT2D eigenvalue weighted by atomic mass is 10.1. The van der Waals surface area contributed by atoms with Gasteiger partial charge in [-0.2, -0.15) is 0 Å². The highest BCUT2D eigenvalue weighted by molar-refractivity contribution is 6.35. The fourth-order valence-electron chi connectivity index (χ4n) is 2.75. The first kappa shape index (κ1) is 11.1. The van der Waals surface area contributed by atoms with E-state index in [-0.39, 0.29) is 0 Å². The van der Waals surface area contributed by atoms with Gasteiger partial charge in [-0.25, -0.2) is 0 Å². The van der Waals surface area contributed by atoms with Gasteiger partial charge in [0.15, 0.2) is 0 Å². The molecule has 0 bridgehead atoms. The van der Waals surface area contributed by atoms with Crippen molar-refractivity contribution < 1.29 is 0 Å². The zero-order valence-corrected chi connectivity index (χ0v) is 10.8. The molecule has 0 atom stereocenters. The fourth-order valence-corrected chi connectivity index (χ4v) is 3.06. The SMILES string of the molecule is Cc1c(CCN)n(C2CC2)c2cccc(Cl)c12. The number of benzene rings is 1. The number of hydrogen-bond acceptors (Lipinski definition) is 1. The topological polar surface area (TPSA) is 30.9 Å². The van der Waals surface area contributed by atoms with E-state index in [1.54, 1.807) is 0 Å². The van der Waals surface area contributed by atoms with E-state index in [2.05, 4.69) is 17.6 Å². The Morgan fingerprint density at radius 1 is 1.41 bits per heavy atom. The van der Waals surface area contributed by atoms with E-state index in [9.17, 15) is 0 Å². The van der Waals surface area contributed by atoms with Gasteiger partial charge in [0.05, 0.1) is 10.5 Å². The van der Waals surface area contributed by atoms with Crippen molar-refractivity contribution in [2.75, 3.05) is 6.54 Å². The highest BCUT2D eigenvalue weighted by atomic mass is 35.5. The highest BCUT2D eigenvalue weighted by Crippen LogP contribution is 2.42. The van der Waals surface area contributed by atoms with E-state index in [0.717, 1.165) is 11.4 Å². The molecule has 3 rings (SSSR count). The van der Waals surface area contributed by atoms with Gasteiger partial charge < -0.3 is 10.3 Å². The lowest BCUT2D eigenvalue weighted by Gasteiger charge is -2.09. The maximum absolute atomic E-state index is 6.33. The Morgan fingerprint density at radius 3 is 2.82 bits per heavy atom. The minimum atomic E-state index is 0.672. The highest BCUT2D eigenvalue weighted by Gasteiger charge is 2.28. The monoisotopic (exact) mass is 248 g/mol. The Morgan fingerprint density at radius 2 is 2.18 bits per heavy atom. The smallest absolute Gasteiger partial charge is 0.0503 e. The van der Waals surface area contributed by atoms with Gasteiger partial charge in [-0.05, 0) is 44.0 Å². The summed E-state index contributed by atoms with van der Waals surface area (Å²) in [5.41, 5.74) is 9.69. The Kier molecular flexibility index (Phi) is 2.64. The van der Waals surface area contributed by atoms with Gasteiger partial charge in [0.1, 0.15) is 0 Å². The normalized spacial score (nSPS) is 15.7. The van der Waals surface area contributed by atoms with E-state index >= 15 is 0 Å². The van der Waals surface area contributed by atoms with E-state index < -0.39 is 0 Å². The average molecular weight is 249 g/mol. The summed E-state index contributed by atoms with van der Waals surface area (Å²) in [5, 5.41) is 2.07. The molecule has 1 aliphatic rings. The summed E-state index contributed by atoms with van der Waals surface area (Å²) in [5.74, 6) is 0. The van der Waals surface area contributed by atoms with Crippen LogP contribution in [0.15, 0.2) is 18.2 Å². The quantitative estimate of drug-likeness (QED) is 0.886. The molecule has 0 spiro atoms. The van der Waals surface area contributed by atoms with Crippen molar-refractivity contribution in [2.45, 2.75) is 32.2 Å². The third kappa shape index (κ3) is 1.67. The van der Waals surface area contributed by atoms with E-state index in [1.807, 2.05) is 12.1 Å². The van der Waals surface area contributed by atoms with Crippen LogP contribution < -0.4 is 5.73 Å². The second kappa shape index (κ2) is 4.04. The number of aromatic nitrogens is 1. The summed E-state index contributed by atoms with van der Waals surface area (Å²) in [4.78, 5) is 0. The summed E-state index contributed by atoms with van der Waals surface area (Å²) in [6.45, 7) is 2.86. The van der Waals surface area contributed by atoms with Crippen molar-refractivity contribution in [1.82, 2.24) is 4.57 Å². The maximum Gasteiger partial charge on any atom is 0.0503 e. The number of nitrogens with zero attached hydrogens (tertiary/aromatic N) is 1. The van der Waals surface area contributed by atoms with Crippen LogP contribution in [0, 0.1) is 6.92 Å². The minimum absolute atomic E-state index is 0.672. The zero-order chi connectivity index (χ0) is 12.0. The van der Waals surface area contributed by atoms with E-state index in [0.29, 0.717) is 12.6 Å². The summed E-state index contributed by atoms with van der Waals surface area (Å²) in [7, 11) is 0. The van der Waals surface area contributed by atoms with Crippen molar-refractivity contribution in [3.8, 4) is 0 Å². The molecule has 1 aromatic carbocycles. The van der Waals surface area contributed by atoms with Gasteiger partial charge in [0, 0.05) is 23.5 Å². The van der Waals surface area contributed by atoms with Gasteiger partial charge in [0.2, 0.25) is 0 Å². The molecule has 0 aliphatic heterocycles. The lowest BCUT2D eigenvalue weighted by Crippen LogP contribution is -2.09. The number of aryl methyl sites for hydroxylation is 1. The number of hydrogen-bond donors (Lipinski definition) is 1. The van der Waals surface area contributed by atoms with Crippen LogP contribution in [0.25, 0.3) is 10.9 Å². The number of halogens is 1. The molecule has 1 aromatic heterocycles. The standard InChI is InChI=1S/C14H17ClN2/c1-9-12(7-8-16)17(10-5-6-10)13-4-2-3-11(15)14(9)13/h2-4,10H,5-8,16H2,1H3. The molecule has 17 heavy (non-hydrogen) atoms. The lowest BCUT2D eigenvalue weighted by molar-refractivity contribution is 0.711. The molecule has 0 saturated heterocycles. The summed E-state index contributed by atoms with van der Waals surface area (Å²) in [6, 6.07) is 6.86. The predicted octanol–water partition coefficient (Wildman–Crippen LogP) is 3.44. The third-order valence-electron chi connectivity index (χ3n) is 3.64. The molecule has 2 aromatic rings. The van der Waals surface area contributed by atoms with Crippen molar-refractivity contribution in [3.05, 3.63) is 34.5 Å². The third-order valence-corrected chi connectivity index (χ3v) is 3.96. The van der Waals surface area contributed by atoms with Crippen LogP contribution in [0.2, 0.25) is 5.02 Å². The van der Waals surface area contributed by atoms with Crippen molar-refractivity contribution >= 4 is 22.5 Å². The second-order valence-corrected chi connectivity index (χ2v) is 5.25. The van der Waals surface area contributed by atoms with Crippen LogP contribution >= 0.6 is 11.6 Å². The maximum atomic E-state index is 6.33. The van der Waals surface area contributed by atoms with Crippen LogP contribution in [0.1, 0.15) is 30.1 Å². The van der Waals surface area contributed by atoms with E-state index in [4.69, 9.17) is 17.3 Å². The Hall–Kier alpha value is -0.990. The van der Waals surface area contributed by atoms with Crippen LogP contribution in [-0.2, 0) is 6.42 Å². The molecule has 2 N–H and O–H groups in total. The molecule has 2 nitrogen and oxygen atoms in total. The average Bonchev–Trinajstić information content (AvgIpc) is 3.08. The number of fused-ring (bicyclic) bond motifs is 1. The van der Waals surface area contributed by atoms with Crippen molar-refractivity contribution in [2.24, 2.45) is 5.73 Å². The van der Waals surface area contributed by atoms with Gasteiger partial charge in [0.25, 0.3) is 0 Å². The zero-order valence-electron chi connectivity index (χ0n) is 10.0. The second-order valence-electron chi connectivity index (χ2n) is 4.85. The fraction of sp³-hybridized carbons (Fsp3) is 0.429. The van der Waals surface area contributed by atoms with Gasteiger partial charge in [-0.3, -0.25) is 0 Å². The molecule has 1 fully saturated rings. The Bertz CT molecular complexity index is 567. The molecule has 1 saturated carbocycles. The Balaban J connectivity index is 2.33. The first-order valence-electron chi connectivity index (χ1n) is 6.22. The van der Waals surface area contributed by atoms with Crippen LogP contribution in [0.4, 0.5) is 0 Å². The van der Waals surface area contributed by atoms with Gasteiger partial charge in [-0.15, -0.1) is 0 Å². The van der Waals surface area contributed by atoms with Gasteiger partial charge >= 0.3 is 0 Å². The molecule has 0 unspecified atom stereocenters. The molecule has 90 valence electrons.